The Bertz CT molecular complexity index is 58.8. The number of rotatable bonds is 0. The van der Waals surface area contributed by atoms with Crippen LogP contribution in [0.25, 0.3) is 0 Å². The Kier molecular flexibility index (Phi) is 2.16. The summed E-state index contributed by atoms with van der Waals surface area (Å²) in [6.45, 7) is 2.16. The van der Waals surface area contributed by atoms with E-state index in [1.54, 1.807) is 0 Å². The minimum absolute atomic E-state index is 0.432. The van der Waals surface area contributed by atoms with E-state index >= 15 is 0 Å². The molecule has 0 bridgehead atoms. The summed E-state index contributed by atoms with van der Waals surface area (Å²) >= 11 is 5.00. The maximum Gasteiger partial charge on any atom is 0.0622 e. The molecule has 0 aromatic carbocycles. The van der Waals surface area contributed by atoms with Gasteiger partial charge >= 0.3 is 0 Å². The fraction of sp³-hybridized carbons (Fsp3) is 1.00. The number of hydrogen-bond donors (Lipinski definition) is 2. The summed E-state index contributed by atoms with van der Waals surface area (Å²) in [5.74, 6) is 0. The summed E-state index contributed by atoms with van der Waals surface area (Å²) in [4.78, 5) is 0. The van der Waals surface area contributed by atoms with Crippen molar-refractivity contribution >= 4 is 12.8 Å². The van der Waals surface area contributed by atoms with Crippen molar-refractivity contribution in [2.75, 3.05) is 13.1 Å². The summed E-state index contributed by atoms with van der Waals surface area (Å²) in [6, 6.07) is 0.432. The van der Waals surface area contributed by atoms with Crippen LogP contribution in [-0.4, -0.2) is 19.1 Å². The van der Waals surface area contributed by atoms with Crippen molar-refractivity contribution in [3.8, 4) is 0 Å². The average molecular weight is 132 g/mol. The van der Waals surface area contributed by atoms with E-state index in [-0.39, 0.29) is 0 Å². The molecule has 0 amide bonds. The molecular weight excluding hydrogens is 120 g/mol. The van der Waals surface area contributed by atoms with Gasteiger partial charge in [0, 0.05) is 18.9 Å². The summed E-state index contributed by atoms with van der Waals surface area (Å²) < 4.78 is 1.21. The molecule has 0 atom stereocenters. The first-order valence-corrected chi connectivity index (χ1v) is 3.47. The molecule has 0 spiro atoms. The van der Waals surface area contributed by atoms with Crippen molar-refractivity contribution < 1.29 is 4.31 Å². The number of nitrogens with one attached hydrogen (secondary N) is 1. The highest BCUT2D eigenvalue weighted by Crippen LogP contribution is 1.92. The minimum atomic E-state index is 0.432. The van der Waals surface area contributed by atoms with Crippen molar-refractivity contribution in [3.63, 3.8) is 0 Å². The van der Waals surface area contributed by atoms with Gasteiger partial charge in [-0.3, -0.25) is 0 Å². The second-order valence-electron chi connectivity index (χ2n) is 2.38. The molecule has 2 nitrogen and oxygen atoms in total. The number of quaternary nitrogens is 1. The standard InChI is InChI=1S/C5H12N2S/c6-5-1-3-7(8)4-2-5/h5,7H,1-4,6H2. The molecule has 1 rings (SSSR count). The molecular formula is C5H12N2S. The first-order chi connectivity index (χ1) is 3.79. The molecule has 0 aromatic rings. The van der Waals surface area contributed by atoms with Crippen LogP contribution in [-0.2, 0) is 12.8 Å². The Morgan fingerprint density at radius 1 is 1.38 bits per heavy atom. The molecule has 1 heterocycles. The summed E-state index contributed by atoms with van der Waals surface area (Å²) in [6.07, 6.45) is 2.22. The summed E-state index contributed by atoms with van der Waals surface area (Å²) in [7, 11) is 0. The summed E-state index contributed by atoms with van der Waals surface area (Å²) in [5, 5.41) is 0. The lowest BCUT2D eigenvalue weighted by Crippen LogP contribution is -3.08. The van der Waals surface area contributed by atoms with Crippen LogP contribution in [0.15, 0.2) is 0 Å². The molecule has 0 aromatic heterocycles. The Morgan fingerprint density at radius 3 is 2.25 bits per heavy atom. The molecule has 48 valence electrons. The third kappa shape index (κ3) is 1.65. The van der Waals surface area contributed by atoms with E-state index in [0.29, 0.717) is 6.04 Å². The SMILES string of the molecule is NC1CC[NH+]([S-])CC1. The van der Waals surface area contributed by atoms with Gasteiger partial charge in [0.2, 0.25) is 0 Å². The van der Waals surface area contributed by atoms with E-state index in [0.717, 1.165) is 25.9 Å². The fourth-order valence-corrected chi connectivity index (χ4v) is 1.20. The molecule has 0 radical (unpaired) electrons. The molecule has 8 heavy (non-hydrogen) atoms. The van der Waals surface area contributed by atoms with E-state index in [9.17, 15) is 0 Å². The van der Waals surface area contributed by atoms with Crippen molar-refractivity contribution in [1.29, 1.82) is 0 Å². The van der Waals surface area contributed by atoms with Crippen LogP contribution in [0.2, 0.25) is 0 Å². The molecule has 3 N–H and O–H groups in total. The van der Waals surface area contributed by atoms with Crippen molar-refractivity contribution in [2.45, 2.75) is 18.9 Å². The average Bonchev–Trinajstić information content (AvgIpc) is 1.77. The predicted octanol–water partition coefficient (Wildman–Crippen LogP) is -1.55. The zero-order chi connectivity index (χ0) is 5.98. The molecule has 1 aliphatic heterocycles. The predicted molar refractivity (Wildman–Crippen MR) is 35.3 cm³/mol. The van der Waals surface area contributed by atoms with Crippen LogP contribution in [0.3, 0.4) is 0 Å². The highest BCUT2D eigenvalue weighted by Gasteiger charge is 2.11. The van der Waals surface area contributed by atoms with E-state index in [1.165, 1.54) is 4.31 Å². The zero-order valence-electron chi connectivity index (χ0n) is 4.89. The lowest BCUT2D eigenvalue weighted by molar-refractivity contribution is -0.761. The van der Waals surface area contributed by atoms with E-state index in [4.69, 9.17) is 18.5 Å². The number of piperidine rings is 1. The third-order valence-electron chi connectivity index (χ3n) is 1.59. The maximum atomic E-state index is 5.64. The number of nitrogens with two attached hydrogens (primary N) is 1. The topological polar surface area (TPSA) is 30.5 Å². The molecule has 1 fully saturated rings. The smallest absolute Gasteiger partial charge is 0.0622 e. The van der Waals surface area contributed by atoms with Crippen molar-refractivity contribution in [1.82, 2.24) is 0 Å². The van der Waals surface area contributed by atoms with Gasteiger partial charge in [-0.25, -0.2) is 0 Å². The third-order valence-corrected chi connectivity index (χ3v) is 2.00. The molecule has 0 saturated carbocycles. The van der Waals surface area contributed by atoms with Gasteiger partial charge in [-0.05, 0) is 0 Å². The van der Waals surface area contributed by atoms with Crippen LogP contribution >= 0.6 is 0 Å². The van der Waals surface area contributed by atoms with Gasteiger partial charge < -0.3 is 22.9 Å². The second-order valence-corrected chi connectivity index (χ2v) is 2.95. The maximum absolute atomic E-state index is 5.64. The van der Waals surface area contributed by atoms with Crippen LogP contribution < -0.4 is 10.0 Å². The van der Waals surface area contributed by atoms with Crippen LogP contribution in [0.4, 0.5) is 0 Å². The van der Waals surface area contributed by atoms with Crippen LogP contribution in [0.1, 0.15) is 12.8 Å². The van der Waals surface area contributed by atoms with E-state index in [1.807, 2.05) is 0 Å². The van der Waals surface area contributed by atoms with Gasteiger partial charge in [0.15, 0.2) is 0 Å². The van der Waals surface area contributed by atoms with Gasteiger partial charge in [0.05, 0.1) is 13.1 Å². The Morgan fingerprint density at radius 2 is 1.88 bits per heavy atom. The quantitative estimate of drug-likeness (QED) is 0.391. The van der Waals surface area contributed by atoms with Crippen LogP contribution in [0, 0.1) is 0 Å². The second kappa shape index (κ2) is 2.71. The van der Waals surface area contributed by atoms with Crippen LogP contribution in [0.5, 0.6) is 0 Å². The van der Waals surface area contributed by atoms with Gasteiger partial charge in [0.1, 0.15) is 0 Å². The van der Waals surface area contributed by atoms with Gasteiger partial charge in [-0.2, -0.15) is 0 Å². The fourth-order valence-electron chi connectivity index (χ4n) is 0.962. The van der Waals surface area contributed by atoms with Gasteiger partial charge in [-0.15, -0.1) is 0 Å². The molecule has 0 aliphatic carbocycles. The lowest BCUT2D eigenvalue weighted by Gasteiger charge is -2.30. The Hall–Kier alpha value is 0.270. The van der Waals surface area contributed by atoms with E-state index in [2.05, 4.69) is 0 Å². The lowest BCUT2D eigenvalue weighted by atomic mass is 10.1. The van der Waals surface area contributed by atoms with Crippen molar-refractivity contribution in [2.24, 2.45) is 5.73 Å². The first kappa shape index (κ1) is 6.39. The highest BCUT2D eigenvalue weighted by molar-refractivity contribution is 7.51. The Labute approximate surface area is 55.6 Å². The Balaban J connectivity index is 2.19. The van der Waals surface area contributed by atoms with Gasteiger partial charge in [0.25, 0.3) is 0 Å². The minimum Gasteiger partial charge on any atom is -0.496 e. The van der Waals surface area contributed by atoms with Gasteiger partial charge in [-0.1, -0.05) is 0 Å². The largest absolute Gasteiger partial charge is 0.496 e. The first-order valence-electron chi connectivity index (χ1n) is 3.06. The molecule has 1 aliphatic rings. The molecule has 0 unspecified atom stereocenters. The highest BCUT2D eigenvalue weighted by atomic mass is 32.1. The zero-order valence-corrected chi connectivity index (χ0v) is 5.71. The normalized spacial score (nSPS) is 39.8. The summed E-state index contributed by atoms with van der Waals surface area (Å²) in [5.41, 5.74) is 5.64. The van der Waals surface area contributed by atoms with E-state index < -0.39 is 0 Å². The monoisotopic (exact) mass is 132 g/mol. The number of hydrogen-bond acceptors (Lipinski definition) is 2. The van der Waals surface area contributed by atoms with Crippen molar-refractivity contribution in [3.05, 3.63) is 0 Å². The molecule has 3 heteroatoms. The molecule has 1 saturated heterocycles.